The number of anilines is 2. The van der Waals surface area contributed by atoms with Crippen molar-refractivity contribution in [1.29, 1.82) is 0 Å². The fourth-order valence-corrected chi connectivity index (χ4v) is 2.06. The van der Waals surface area contributed by atoms with Gasteiger partial charge in [0, 0.05) is 11.4 Å². The minimum atomic E-state index is -0.226. The molecule has 2 amide bonds. The van der Waals surface area contributed by atoms with Crippen LogP contribution in [0.5, 0.6) is 0 Å². The van der Waals surface area contributed by atoms with E-state index >= 15 is 0 Å². The van der Waals surface area contributed by atoms with Crippen LogP contribution in [0.4, 0.5) is 16.2 Å². The average Bonchev–Trinajstić information content (AvgIpc) is 2.26. The number of amides is 2. The van der Waals surface area contributed by atoms with Gasteiger partial charge in [0.2, 0.25) is 0 Å². The van der Waals surface area contributed by atoms with Crippen molar-refractivity contribution in [2.24, 2.45) is 0 Å². The first-order chi connectivity index (χ1) is 9.02. The zero-order valence-electron chi connectivity index (χ0n) is 11.4. The summed E-state index contributed by atoms with van der Waals surface area (Å²) < 4.78 is 0. The molecule has 2 aromatic carbocycles. The fraction of sp³-hybridized carbons (Fsp3) is 0.188. The van der Waals surface area contributed by atoms with Gasteiger partial charge in [0.15, 0.2) is 0 Å². The van der Waals surface area contributed by atoms with E-state index in [4.69, 9.17) is 0 Å². The van der Waals surface area contributed by atoms with Gasteiger partial charge in [0.05, 0.1) is 0 Å². The van der Waals surface area contributed by atoms with Crippen molar-refractivity contribution in [2.45, 2.75) is 20.8 Å². The molecule has 0 aromatic heterocycles. The van der Waals surface area contributed by atoms with Crippen molar-refractivity contribution < 1.29 is 4.79 Å². The lowest BCUT2D eigenvalue weighted by molar-refractivity contribution is 0.262. The lowest BCUT2D eigenvalue weighted by atomic mass is 10.1. The van der Waals surface area contributed by atoms with Gasteiger partial charge in [0.25, 0.3) is 0 Å². The predicted octanol–water partition coefficient (Wildman–Crippen LogP) is 4.26. The van der Waals surface area contributed by atoms with Crippen molar-refractivity contribution in [3.8, 4) is 0 Å². The highest BCUT2D eigenvalue weighted by Gasteiger charge is 2.03. The molecule has 0 saturated carbocycles. The molecule has 0 bridgehead atoms. The maximum Gasteiger partial charge on any atom is 0.323 e. The number of rotatable bonds is 2. The highest BCUT2D eigenvalue weighted by atomic mass is 16.2. The Hall–Kier alpha value is -2.29. The van der Waals surface area contributed by atoms with Crippen LogP contribution in [0.3, 0.4) is 0 Å². The molecule has 2 aromatic rings. The molecule has 0 heterocycles. The monoisotopic (exact) mass is 254 g/mol. The highest BCUT2D eigenvalue weighted by Crippen LogP contribution is 2.15. The summed E-state index contributed by atoms with van der Waals surface area (Å²) in [6.45, 7) is 6.01. The molecule has 3 nitrogen and oxygen atoms in total. The van der Waals surface area contributed by atoms with Gasteiger partial charge in [0.1, 0.15) is 0 Å². The second-order valence-corrected chi connectivity index (χ2v) is 4.82. The van der Waals surface area contributed by atoms with Crippen molar-refractivity contribution in [1.82, 2.24) is 0 Å². The molecule has 19 heavy (non-hydrogen) atoms. The van der Waals surface area contributed by atoms with E-state index in [-0.39, 0.29) is 6.03 Å². The summed E-state index contributed by atoms with van der Waals surface area (Å²) in [6, 6.07) is 13.5. The van der Waals surface area contributed by atoms with Gasteiger partial charge in [-0.1, -0.05) is 18.2 Å². The molecule has 2 N–H and O–H groups in total. The van der Waals surface area contributed by atoms with Crippen molar-refractivity contribution in [3.05, 3.63) is 59.2 Å². The standard InChI is InChI=1S/C16H18N2O/c1-11-5-4-6-14(8-11)17-16(19)18-15-9-12(2)7-13(3)10-15/h4-10H,1-3H3,(H2,17,18,19). The molecule has 0 radical (unpaired) electrons. The zero-order chi connectivity index (χ0) is 13.8. The minimum absolute atomic E-state index is 0.226. The van der Waals surface area contributed by atoms with E-state index in [0.29, 0.717) is 0 Å². The number of benzene rings is 2. The molecule has 0 saturated heterocycles. The predicted molar refractivity (Wildman–Crippen MR) is 79.7 cm³/mol. The maximum absolute atomic E-state index is 11.9. The van der Waals surface area contributed by atoms with Crippen LogP contribution in [0, 0.1) is 20.8 Å². The summed E-state index contributed by atoms with van der Waals surface area (Å²) in [5.41, 5.74) is 4.98. The lowest BCUT2D eigenvalue weighted by Gasteiger charge is -2.09. The van der Waals surface area contributed by atoms with Crippen LogP contribution in [0.1, 0.15) is 16.7 Å². The Morgan fingerprint density at radius 1 is 0.789 bits per heavy atom. The number of hydrogen-bond donors (Lipinski definition) is 2. The molecule has 0 aliphatic rings. The summed E-state index contributed by atoms with van der Waals surface area (Å²) in [5, 5.41) is 5.66. The summed E-state index contributed by atoms with van der Waals surface area (Å²) in [4.78, 5) is 11.9. The van der Waals surface area contributed by atoms with E-state index in [9.17, 15) is 4.79 Å². The van der Waals surface area contributed by atoms with Gasteiger partial charge >= 0.3 is 6.03 Å². The lowest BCUT2D eigenvalue weighted by Crippen LogP contribution is -2.19. The van der Waals surface area contributed by atoms with Crippen LogP contribution in [-0.4, -0.2) is 6.03 Å². The van der Waals surface area contributed by atoms with Crippen molar-refractivity contribution in [3.63, 3.8) is 0 Å². The van der Waals surface area contributed by atoms with Crippen LogP contribution < -0.4 is 10.6 Å². The van der Waals surface area contributed by atoms with E-state index in [0.717, 1.165) is 28.1 Å². The molecule has 0 spiro atoms. The van der Waals surface area contributed by atoms with E-state index < -0.39 is 0 Å². The topological polar surface area (TPSA) is 41.1 Å². The molecule has 0 fully saturated rings. The normalized spacial score (nSPS) is 10.1. The molecule has 0 unspecified atom stereocenters. The second-order valence-electron chi connectivity index (χ2n) is 4.82. The van der Waals surface area contributed by atoms with Crippen molar-refractivity contribution in [2.75, 3.05) is 10.6 Å². The second kappa shape index (κ2) is 5.57. The molecule has 3 heteroatoms. The maximum atomic E-state index is 11.9. The Morgan fingerprint density at radius 3 is 2.00 bits per heavy atom. The fourth-order valence-electron chi connectivity index (χ4n) is 2.06. The van der Waals surface area contributed by atoms with Crippen LogP contribution in [0.2, 0.25) is 0 Å². The van der Waals surface area contributed by atoms with Gasteiger partial charge < -0.3 is 10.6 Å². The summed E-state index contributed by atoms with van der Waals surface area (Å²) in [7, 11) is 0. The molecule has 0 aliphatic carbocycles. The Morgan fingerprint density at radius 2 is 1.37 bits per heavy atom. The number of carbonyl (C=O) groups is 1. The average molecular weight is 254 g/mol. The third-order valence-electron chi connectivity index (χ3n) is 2.76. The minimum Gasteiger partial charge on any atom is -0.308 e. The van der Waals surface area contributed by atoms with Gasteiger partial charge in [-0.25, -0.2) is 4.79 Å². The molecule has 2 rings (SSSR count). The Kier molecular flexibility index (Phi) is 3.85. The third-order valence-corrected chi connectivity index (χ3v) is 2.76. The third kappa shape index (κ3) is 3.85. The van der Waals surface area contributed by atoms with Gasteiger partial charge in [-0.3, -0.25) is 0 Å². The first kappa shape index (κ1) is 13.1. The largest absolute Gasteiger partial charge is 0.323 e. The van der Waals surface area contributed by atoms with Gasteiger partial charge in [-0.15, -0.1) is 0 Å². The number of carbonyl (C=O) groups excluding carboxylic acids is 1. The van der Waals surface area contributed by atoms with E-state index in [1.165, 1.54) is 0 Å². The molecular formula is C16H18N2O. The SMILES string of the molecule is Cc1cccc(NC(=O)Nc2cc(C)cc(C)c2)c1. The van der Waals surface area contributed by atoms with Crippen LogP contribution in [0.15, 0.2) is 42.5 Å². The van der Waals surface area contributed by atoms with Crippen LogP contribution in [0.25, 0.3) is 0 Å². The van der Waals surface area contributed by atoms with E-state index in [2.05, 4.69) is 16.7 Å². The Balaban J connectivity index is 2.05. The summed E-state index contributed by atoms with van der Waals surface area (Å²) in [5.74, 6) is 0. The number of nitrogens with one attached hydrogen (secondary N) is 2. The number of urea groups is 1. The van der Waals surface area contributed by atoms with Gasteiger partial charge in [-0.2, -0.15) is 0 Å². The highest BCUT2D eigenvalue weighted by molar-refractivity contribution is 5.99. The van der Waals surface area contributed by atoms with Gasteiger partial charge in [-0.05, 0) is 61.7 Å². The zero-order valence-corrected chi connectivity index (χ0v) is 11.4. The Labute approximate surface area is 113 Å². The molecule has 0 aliphatic heterocycles. The quantitative estimate of drug-likeness (QED) is 0.826. The van der Waals surface area contributed by atoms with E-state index in [1.54, 1.807) is 0 Å². The number of hydrogen-bond acceptors (Lipinski definition) is 1. The van der Waals surface area contributed by atoms with E-state index in [1.807, 2.05) is 57.2 Å². The number of aryl methyl sites for hydroxylation is 3. The van der Waals surface area contributed by atoms with Crippen LogP contribution >= 0.6 is 0 Å². The molecule has 0 atom stereocenters. The smallest absolute Gasteiger partial charge is 0.308 e. The summed E-state index contributed by atoms with van der Waals surface area (Å²) in [6.07, 6.45) is 0. The molecule has 98 valence electrons. The molecular weight excluding hydrogens is 236 g/mol. The Bertz CT molecular complexity index is 585. The first-order valence-corrected chi connectivity index (χ1v) is 6.26. The first-order valence-electron chi connectivity index (χ1n) is 6.26. The van der Waals surface area contributed by atoms with Crippen molar-refractivity contribution >= 4 is 17.4 Å². The summed E-state index contributed by atoms with van der Waals surface area (Å²) >= 11 is 0. The van der Waals surface area contributed by atoms with Crippen LogP contribution in [-0.2, 0) is 0 Å².